The first kappa shape index (κ1) is 12.9. The maximum absolute atomic E-state index is 10.1. The van der Waals surface area contributed by atoms with Crippen LogP contribution in [0.25, 0.3) is 10.8 Å². The first-order valence-electron chi connectivity index (χ1n) is 5.98. The Hall–Kier alpha value is -2.52. The number of nitrogens with zero attached hydrogens (tertiary/aromatic N) is 2. The Morgan fingerprint density at radius 1 is 0.947 bits per heavy atom. The van der Waals surface area contributed by atoms with E-state index in [0.29, 0.717) is 10.9 Å². The zero-order chi connectivity index (χ0) is 14.2. The zero-order valence-electron chi connectivity index (χ0n) is 11.2. The van der Waals surface area contributed by atoms with Gasteiger partial charge in [-0.05, 0) is 34.6 Å². The van der Waals surface area contributed by atoms with Crippen molar-refractivity contribution >= 4 is 10.8 Å². The van der Waals surface area contributed by atoms with E-state index in [4.69, 9.17) is 10.5 Å². The summed E-state index contributed by atoms with van der Waals surface area (Å²) in [5.41, 5.74) is 1.52. The van der Waals surface area contributed by atoms with Crippen LogP contribution in [0.2, 0.25) is 0 Å². The summed E-state index contributed by atoms with van der Waals surface area (Å²) in [4.78, 5) is 0. The molecule has 0 aliphatic carbocycles. The van der Waals surface area contributed by atoms with Gasteiger partial charge >= 0.3 is 0 Å². The number of hydrogen-bond acceptors (Lipinski definition) is 3. The largest absolute Gasteiger partial charge is 0.507 e. The summed E-state index contributed by atoms with van der Waals surface area (Å²) in [6.07, 6.45) is 0. The minimum absolute atomic E-state index is 0.0909. The molecule has 0 spiro atoms. The highest BCUT2D eigenvalue weighted by Gasteiger charge is 2.17. The fourth-order valence-electron chi connectivity index (χ4n) is 2.01. The van der Waals surface area contributed by atoms with Gasteiger partial charge in [0, 0.05) is 5.39 Å². The molecule has 0 radical (unpaired) electrons. The molecule has 0 saturated heterocycles. The van der Waals surface area contributed by atoms with Crippen LogP contribution < -0.4 is 0 Å². The second-order valence-electron chi connectivity index (χ2n) is 5.59. The number of hydrogen-bond donors (Lipinski definition) is 1. The lowest BCUT2D eigenvalue weighted by atomic mass is 9.85. The monoisotopic (exact) mass is 250 g/mol. The Morgan fingerprint density at radius 2 is 1.53 bits per heavy atom. The van der Waals surface area contributed by atoms with Crippen molar-refractivity contribution in [3.05, 3.63) is 41.0 Å². The summed E-state index contributed by atoms with van der Waals surface area (Å²) in [6.45, 7) is 6.17. The molecule has 0 amide bonds. The van der Waals surface area contributed by atoms with Gasteiger partial charge in [-0.1, -0.05) is 26.8 Å². The lowest BCUT2D eigenvalue weighted by Gasteiger charge is -2.20. The summed E-state index contributed by atoms with van der Waals surface area (Å²) in [5.74, 6) is 0.142. The SMILES string of the molecule is CC(C)(C)c1cc(O)c2cc(C#N)c(C#N)cc2c1. The van der Waals surface area contributed by atoms with Gasteiger partial charge in [-0.15, -0.1) is 0 Å². The molecule has 0 fully saturated rings. The first-order chi connectivity index (χ1) is 8.86. The third-order valence-electron chi connectivity index (χ3n) is 3.18. The average molecular weight is 250 g/mol. The summed E-state index contributed by atoms with van der Waals surface area (Å²) in [7, 11) is 0. The highest BCUT2D eigenvalue weighted by atomic mass is 16.3. The predicted molar refractivity (Wildman–Crippen MR) is 73.7 cm³/mol. The van der Waals surface area contributed by atoms with E-state index in [2.05, 4.69) is 20.8 Å². The van der Waals surface area contributed by atoms with Crippen molar-refractivity contribution < 1.29 is 5.11 Å². The number of aromatic hydroxyl groups is 1. The maximum Gasteiger partial charge on any atom is 0.123 e. The van der Waals surface area contributed by atoms with Gasteiger partial charge in [0.2, 0.25) is 0 Å². The van der Waals surface area contributed by atoms with E-state index in [-0.39, 0.29) is 16.7 Å². The van der Waals surface area contributed by atoms with Crippen molar-refractivity contribution in [2.45, 2.75) is 26.2 Å². The smallest absolute Gasteiger partial charge is 0.123 e. The van der Waals surface area contributed by atoms with Gasteiger partial charge in [0.25, 0.3) is 0 Å². The second kappa shape index (κ2) is 4.30. The van der Waals surface area contributed by atoms with Crippen molar-refractivity contribution in [1.82, 2.24) is 0 Å². The highest BCUT2D eigenvalue weighted by Crippen LogP contribution is 2.33. The molecule has 0 bridgehead atoms. The van der Waals surface area contributed by atoms with Gasteiger partial charge < -0.3 is 5.11 Å². The van der Waals surface area contributed by atoms with E-state index in [9.17, 15) is 5.11 Å². The molecule has 2 aromatic carbocycles. The first-order valence-corrected chi connectivity index (χ1v) is 5.98. The normalized spacial score (nSPS) is 11.0. The summed E-state index contributed by atoms with van der Waals surface area (Å²) >= 11 is 0. The van der Waals surface area contributed by atoms with E-state index in [1.165, 1.54) is 0 Å². The van der Waals surface area contributed by atoms with Crippen LogP contribution >= 0.6 is 0 Å². The maximum atomic E-state index is 10.1. The molecule has 3 heteroatoms. The van der Waals surface area contributed by atoms with Gasteiger partial charge in [0.1, 0.15) is 17.9 Å². The van der Waals surface area contributed by atoms with Crippen molar-refractivity contribution in [3.63, 3.8) is 0 Å². The molecular formula is C16H14N2O. The van der Waals surface area contributed by atoms with Gasteiger partial charge in [-0.3, -0.25) is 0 Å². The standard InChI is InChI=1S/C16H14N2O/c1-16(2,3)13-5-10-4-11(8-17)12(9-18)6-14(10)15(19)7-13/h4-7,19H,1-3H3. The highest BCUT2D eigenvalue weighted by molar-refractivity contribution is 5.91. The van der Waals surface area contributed by atoms with Crippen molar-refractivity contribution in [2.24, 2.45) is 0 Å². The lowest BCUT2D eigenvalue weighted by Crippen LogP contribution is -2.10. The number of rotatable bonds is 0. The molecule has 0 aliphatic rings. The van der Waals surface area contributed by atoms with E-state index in [0.717, 1.165) is 10.9 Å². The van der Waals surface area contributed by atoms with Crippen LogP contribution in [0.3, 0.4) is 0 Å². The van der Waals surface area contributed by atoms with Gasteiger partial charge in [0.15, 0.2) is 0 Å². The Bertz CT molecular complexity index is 740. The third kappa shape index (κ3) is 2.23. The predicted octanol–water partition coefficient (Wildman–Crippen LogP) is 3.59. The Morgan fingerprint density at radius 3 is 2.05 bits per heavy atom. The lowest BCUT2D eigenvalue weighted by molar-refractivity contribution is 0.477. The summed E-state index contributed by atoms with van der Waals surface area (Å²) in [6, 6.07) is 10.9. The molecule has 0 saturated carbocycles. The molecule has 19 heavy (non-hydrogen) atoms. The number of phenolic OH excluding ortho intramolecular Hbond substituents is 1. The van der Waals surface area contributed by atoms with Crippen LogP contribution in [0, 0.1) is 22.7 Å². The van der Waals surface area contributed by atoms with Crippen molar-refractivity contribution in [2.75, 3.05) is 0 Å². The van der Waals surface area contributed by atoms with Crippen molar-refractivity contribution in [1.29, 1.82) is 10.5 Å². The molecule has 94 valence electrons. The number of benzene rings is 2. The molecule has 3 nitrogen and oxygen atoms in total. The molecule has 0 aromatic heterocycles. The van der Waals surface area contributed by atoms with Crippen LogP contribution in [0.5, 0.6) is 5.75 Å². The molecular weight excluding hydrogens is 236 g/mol. The Labute approximate surface area is 112 Å². The molecule has 2 rings (SSSR count). The zero-order valence-corrected chi connectivity index (χ0v) is 11.2. The molecule has 1 N–H and O–H groups in total. The minimum atomic E-state index is -0.0909. The quantitative estimate of drug-likeness (QED) is 0.776. The van der Waals surface area contributed by atoms with Crippen LogP contribution in [0.15, 0.2) is 24.3 Å². The fourth-order valence-corrected chi connectivity index (χ4v) is 2.01. The number of nitriles is 2. The molecule has 2 aromatic rings. The third-order valence-corrected chi connectivity index (χ3v) is 3.18. The summed E-state index contributed by atoms with van der Waals surface area (Å²) < 4.78 is 0. The molecule has 0 heterocycles. The topological polar surface area (TPSA) is 67.8 Å². The Balaban J connectivity index is 2.84. The van der Waals surface area contributed by atoms with Gasteiger partial charge in [0.05, 0.1) is 11.1 Å². The number of phenols is 1. The minimum Gasteiger partial charge on any atom is -0.507 e. The average Bonchev–Trinajstić information content (AvgIpc) is 2.36. The molecule has 0 unspecified atom stereocenters. The second-order valence-corrected chi connectivity index (χ2v) is 5.59. The van der Waals surface area contributed by atoms with Crippen LogP contribution in [0.1, 0.15) is 37.5 Å². The number of fused-ring (bicyclic) bond motifs is 1. The van der Waals surface area contributed by atoms with E-state index < -0.39 is 0 Å². The van der Waals surface area contributed by atoms with Gasteiger partial charge in [-0.2, -0.15) is 10.5 Å². The van der Waals surface area contributed by atoms with Crippen LogP contribution in [0.4, 0.5) is 0 Å². The molecule has 0 atom stereocenters. The Kier molecular flexibility index (Phi) is 2.92. The van der Waals surface area contributed by atoms with Crippen LogP contribution in [-0.4, -0.2) is 5.11 Å². The fraction of sp³-hybridized carbons (Fsp3) is 0.250. The molecule has 0 aliphatic heterocycles. The van der Waals surface area contributed by atoms with Gasteiger partial charge in [-0.25, -0.2) is 0 Å². The summed E-state index contributed by atoms with van der Waals surface area (Å²) in [5, 5.41) is 29.5. The van der Waals surface area contributed by atoms with Crippen LogP contribution in [-0.2, 0) is 5.41 Å². The van der Waals surface area contributed by atoms with Crippen molar-refractivity contribution in [3.8, 4) is 17.9 Å². The van der Waals surface area contributed by atoms with E-state index >= 15 is 0 Å². The van der Waals surface area contributed by atoms with E-state index in [1.807, 2.05) is 18.2 Å². The van der Waals surface area contributed by atoms with E-state index in [1.54, 1.807) is 18.2 Å².